The van der Waals surface area contributed by atoms with Crippen molar-refractivity contribution >= 4 is 12.4 Å². The Hall–Kier alpha value is -0.0500. The van der Waals surface area contributed by atoms with E-state index in [9.17, 15) is 0 Å². The van der Waals surface area contributed by atoms with Crippen molar-refractivity contribution in [2.45, 2.75) is 12.8 Å². The number of rotatable bonds is 2. The van der Waals surface area contributed by atoms with E-state index in [1.165, 1.54) is 0 Å². The first kappa shape index (κ1) is 11.0. The third kappa shape index (κ3) is 2.47. The molecule has 0 radical (unpaired) electrons. The lowest BCUT2D eigenvalue weighted by Gasteiger charge is -2.32. The van der Waals surface area contributed by atoms with Crippen LogP contribution in [0.1, 0.15) is 12.8 Å². The zero-order valence-corrected chi connectivity index (χ0v) is 7.53. The van der Waals surface area contributed by atoms with Crippen molar-refractivity contribution in [1.82, 2.24) is 0 Å². The van der Waals surface area contributed by atoms with E-state index in [0.717, 1.165) is 26.1 Å². The number of hydrogen-bond donors (Lipinski definition) is 1. The lowest BCUT2D eigenvalue weighted by Crippen LogP contribution is -2.34. The van der Waals surface area contributed by atoms with Crippen LogP contribution >= 0.6 is 12.4 Å². The monoisotopic (exact) mass is 177 g/mol. The van der Waals surface area contributed by atoms with Gasteiger partial charge in [-0.3, -0.25) is 0 Å². The Kier molecular flexibility index (Phi) is 4.73. The summed E-state index contributed by atoms with van der Waals surface area (Å²) in [7, 11) is 0. The first-order chi connectivity index (χ1) is 4.83. The summed E-state index contributed by atoms with van der Waals surface area (Å²) < 4.78 is 5.23. The highest BCUT2D eigenvalue weighted by molar-refractivity contribution is 5.85. The highest BCUT2D eigenvalue weighted by atomic mass is 35.5. The van der Waals surface area contributed by atoms with Gasteiger partial charge in [-0.05, 0) is 12.8 Å². The summed E-state index contributed by atoms with van der Waals surface area (Å²) in [5, 5.41) is 0. The molecule has 1 aliphatic rings. The summed E-state index contributed by atoms with van der Waals surface area (Å²) in [6.07, 6.45) is 4.05. The van der Waals surface area contributed by atoms with Crippen LogP contribution in [-0.4, -0.2) is 19.8 Å². The van der Waals surface area contributed by atoms with Gasteiger partial charge in [0.1, 0.15) is 0 Å². The number of hydrogen-bond acceptors (Lipinski definition) is 2. The van der Waals surface area contributed by atoms with E-state index in [4.69, 9.17) is 10.5 Å². The molecule has 0 aromatic carbocycles. The fraction of sp³-hybridized carbons (Fsp3) is 0.750. The number of halogens is 1. The van der Waals surface area contributed by atoms with E-state index < -0.39 is 0 Å². The molecule has 2 nitrogen and oxygen atoms in total. The molecule has 0 aliphatic carbocycles. The van der Waals surface area contributed by atoms with Crippen LogP contribution in [0.2, 0.25) is 0 Å². The topological polar surface area (TPSA) is 35.2 Å². The Bertz CT molecular complexity index is 121. The van der Waals surface area contributed by atoms with Gasteiger partial charge in [0.05, 0.1) is 0 Å². The van der Waals surface area contributed by atoms with Gasteiger partial charge < -0.3 is 10.5 Å². The van der Waals surface area contributed by atoms with Crippen molar-refractivity contribution in [2.75, 3.05) is 19.8 Å². The SMILES string of the molecule is C=CC1(CN)CCOCC1.Cl. The molecule has 1 fully saturated rings. The van der Waals surface area contributed by atoms with Gasteiger partial charge in [0, 0.05) is 25.2 Å². The van der Waals surface area contributed by atoms with Crippen LogP contribution in [-0.2, 0) is 4.74 Å². The second-order valence-corrected chi connectivity index (χ2v) is 2.88. The molecule has 0 amide bonds. The lowest BCUT2D eigenvalue weighted by atomic mass is 9.81. The molecule has 0 atom stereocenters. The lowest BCUT2D eigenvalue weighted by molar-refractivity contribution is 0.0410. The van der Waals surface area contributed by atoms with Crippen molar-refractivity contribution in [3.05, 3.63) is 12.7 Å². The largest absolute Gasteiger partial charge is 0.381 e. The second-order valence-electron chi connectivity index (χ2n) is 2.88. The van der Waals surface area contributed by atoms with E-state index in [2.05, 4.69) is 6.58 Å². The van der Waals surface area contributed by atoms with E-state index in [0.29, 0.717) is 6.54 Å². The van der Waals surface area contributed by atoms with E-state index in [1.807, 2.05) is 6.08 Å². The maximum absolute atomic E-state index is 5.62. The molecular formula is C8H16ClNO. The van der Waals surface area contributed by atoms with Gasteiger partial charge in [-0.1, -0.05) is 6.08 Å². The number of nitrogens with two attached hydrogens (primary N) is 1. The van der Waals surface area contributed by atoms with Crippen LogP contribution in [0, 0.1) is 5.41 Å². The van der Waals surface area contributed by atoms with Crippen LogP contribution in [0.25, 0.3) is 0 Å². The summed E-state index contributed by atoms with van der Waals surface area (Å²) >= 11 is 0. The molecule has 0 bridgehead atoms. The van der Waals surface area contributed by atoms with Gasteiger partial charge >= 0.3 is 0 Å². The molecular weight excluding hydrogens is 162 g/mol. The van der Waals surface area contributed by atoms with Gasteiger partial charge in [0.25, 0.3) is 0 Å². The average Bonchev–Trinajstić information content (AvgIpc) is 2.06. The van der Waals surface area contributed by atoms with Gasteiger partial charge in [0.2, 0.25) is 0 Å². The van der Waals surface area contributed by atoms with E-state index >= 15 is 0 Å². The molecule has 0 spiro atoms. The Morgan fingerprint density at radius 1 is 1.45 bits per heavy atom. The highest BCUT2D eigenvalue weighted by Crippen LogP contribution is 2.29. The molecule has 1 saturated heterocycles. The molecule has 0 aromatic heterocycles. The summed E-state index contributed by atoms with van der Waals surface area (Å²) in [5.41, 5.74) is 5.80. The van der Waals surface area contributed by atoms with Crippen molar-refractivity contribution in [3.8, 4) is 0 Å². The molecule has 0 aromatic rings. The second kappa shape index (κ2) is 4.75. The fourth-order valence-electron chi connectivity index (χ4n) is 1.27. The molecule has 0 unspecified atom stereocenters. The molecule has 3 heteroatoms. The van der Waals surface area contributed by atoms with Crippen LogP contribution < -0.4 is 5.73 Å². The minimum absolute atomic E-state index is 0. The smallest absolute Gasteiger partial charge is 0.0474 e. The first-order valence-electron chi connectivity index (χ1n) is 3.74. The Labute approximate surface area is 74.2 Å². The highest BCUT2D eigenvalue weighted by Gasteiger charge is 2.27. The van der Waals surface area contributed by atoms with Crippen LogP contribution in [0.5, 0.6) is 0 Å². The zero-order chi connectivity index (χ0) is 7.45. The maximum atomic E-state index is 5.62. The van der Waals surface area contributed by atoms with Crippen LogP contribution in [0.3, 0.4) is 0 Å². The molecule has 11 heavy (non-hydrogen) atoms. The standard InChI is InChI=1S/C8H15NO.ClH/c1-2-8(7-9)3-5-10-6-4-8;/h2H,1,3-7,9H2;1H. The van der Waals surface area contributed by atoms with Crippen LogP contribution in [0.15, 0.2) is 12.7 Å². The van der Waals surface area contributed by atoms with Crippen molar-refractivity contribution in [1.29, 1.82) is 0 Å². The summed E-state index contributed by atoms with van der Waals surface area (Å²) in [6, 6.07) is 0. The predicted molar refractivity (Wildman–Crippen MR) is 49.0 cm³/mol. The molecule has 0 saturated carbocycles. The third-order valence-corrected chi connectivity index (χ3v) is 2.33. The van der Waals surface area contributed by atoms with Gasteiger partial charge in [-0.25, -0.2) is 0 Å². The molecule has 1 aliphatic heterocycles. The van der Waals surface area contributed by atoms with E-state index in [1.54, 1.807) is 0 Å². The molecule has 2 N–H and O–H groups in total. The van der Waals surface area contributed by atoms with Crippen molar-refractivity contribution < 1.29 is 4.74 Å². The zero-order valence-electron chi connectivity index (χ0n) is 6.71. The summed E-state index contributed by atoms with van der Waals surface area (Å²) in [5.74, 6) is 0. The normalized spacial score (nSPS) is 21.9. The van der Waals surface area contributed by atoms with Crippen LogP contribution in [0.4, 0.5) is 0 Å². The number of ether oxygens (including phenoxy) is 1. The summed E-state index contributed by atoms with van der Waals surface area (Å²) in [4.78, 5) is 0. The molecule has 1 heterocycles. The van der Waals surface area contributed by atoms with Gasteiger partial charge in [0.15, 0.2) is 0 Å². The predicted octanol–water partition coefficient (Wildman–Crippen LogP) is 1.35. The first-order valence-corrected chi connectivity index (χ1v) is 3.74. The fourth-order valence-corrected chi connectivity index (χ4v) is 1.27. The maximum Gasteiger partial charge on any atom is 0.0474 e. The van der Waals surface area contributed by atoms with Gasteiger partial charge in [-0.2, -0.15) is 0 Å². The third-order valence-electron chi connectivity index (χ3n) is 2.33. The van der Waals surface area contributed by atoms with E-state index in [-0.39, 0.29) is 17.8 Å². The molecule has 1 rings (SSSR count). The minimum atomic E-state index is 0. The Balaban J connectivity index is 0.000001000. The quantitative estimate of drug-likeness (QED) is 0.647. The Morgan fingerprint density at radius 3 is 2.27 bits per heavy atom. The van der Waals surface area contributed by atoms with Crippen molar-refractivity contribution in [2.24, 2.45) is 11.1 Å². The van der Waals surface area contributed by atoms with Crippen molar-refractivity contribution in [3.63, 3.8) is 0 Å². The average molecular weight is 178 g/mol. The molecule has 66 valence electrons. The minimum Gasteiger partial charge on any atom is -0.381 e. The summed E-state index contributed by atoms with van der Waals surface area (Å²) in [6.45, 7) is 6.17. The van der Waals surface area contributed by atoms with Gasteiger partial charge in [-0.15, -0.1) is 19.0 Å². The Morgan fingerprint density at radius 2 is 2.00 bits per heavy atom.